The number of methoxy groups -OCH3 is 1. The van der Waals surface area contributed by atoms with E-state index in [4.69, 9.17) is 4.74 Å². The Morgan fingerprint density at radius 2 is 1.93 bits per heavy atom. The summed E-state index contributed by atoms with van der Waals surface area (Å²) in [5.74, 6) is 0.438. The fraction of sp³-hybridized carbons (Fsp3) is 0.727. The molecule has 0 N–H and O–H groups in total. The zero-order chi connectivity index (χ0) is 11.6. The van der Waals surface area contributed by atoms with Gasteiger partial charge in [0, 0.05) is 13.1 Å². The molecule has 0 radical (unpaired) electrons. The Hall–Kier alpha value is -1.19. The maximum absolute atomic E-state index is 11.1. The van der Waals surface area contributed by atoms with Crippen molar-refractivity contribution >= 4 is 5.97 Å². The molecule has 0 spiro atoms. The normalized spacial score (nSPS) is 16.9. The molecule has 4 nitrogen and oxygen atoms in total. The first-order chi connectivity index (χ1) is 6.83. The zero-order valence-corrected chi connectivity index (χ0v) is 9.87. The van der Waals surface area contributed by atoms with E-state index in [1.807, 2.05) is 25.7 Å². The second-order valence-electron chi connectivity index (χ2n) is 4.73. The fourth-order valence-electron chi connectivity index (χ4n) is 1.42. The highest BCUT2D eigenvalue weighted by molar-refractivity contribution is 5.73. The van der Waals surface area contributed by atoms with E-state index in [1.54, 1.807) is 0 Å². The molecule has 1 aliphatic heterocycles. The second-order valence-corrected chi connectivity index (χ2v) is 4.73. The number of ether oxygens (including phenoxy) is 2. The van der Waals surface area contributed by atoms with Gasteiger partial charge in [0.15, 0.2) is 5.88 Å². The molecule has 0 atom stereocenters. The van der Waals surface area contributed by atoms with E-state index in [-0.39, 0.29) is 17.5 Å². The fourth-order valence-corrected chi connectivity index (χ4v) is 1.42. The summed E-state index contributed by atoms with van der Waals surface area (Å²) in [7, 11) is 1.41. The van der Waals surface area contributed by atoms with Crippen molar-refractivity contribution in [1.82, 2.24) is 4.90 Å². The molecule has 0 aromatic heterocycles. The van der Waals surface area contributed by atoms with Crippen molar-refractivity contribution in [3.63, 3.8) is 0 Å². The van der Waals surface area contributed by atoms with E-state index >= 15 is 0 Å². The number of hydrogen-bond donors (Lipinski definition) is 0. The summed E-state index contributed by atoms with van der Waals surface area (Å²) in [5, 5.41) is 0. The van der Waals surface area contributed by atoms with Crippen LogP contribution in [0.4, 0.5) is 0 Å². The van der Waals surface area contributed by atoms with Crippen molar-refractivity contribution in [2.24, 2.45) is 5.92 Å². The van der Waals surface area contributed by atoms with Crippen LogP contribution in [0.1, 0.15) is 20.8 Å². The highest BCUT2D eigenvalue weighted by Crippen LogP contribution is 2.24. The lowest BCUT2D eigenvalue weighted by Gasteiger charge is -2.41. The first-order valence-electron chi connectivity index (χ1n) is 5.04. The molecule has 1 heterocycles. The molecule has 0 aliphatic carbocycles. The summed E-state index contributed by atoms with van der Waals surface area (Å²) in [6.07, 6.45) is 0. The van der Waals surface area contributed by atoms with Gasteiger partial charge in [-0.15, -0.1) is 0 Å². The van der Waals surface area contributed by atoms with Crippen molar-refractivity contribution in [2.45, 2.75) is 26.4 Å². The Morgan fingerprint density at radius 1 is 1.40 bits per heavy atom. The molecule has 0 saturated carbocycles. The first kappa shape index (κ1) is 11.9. The van der Waals surface area contributed by atoms with Gasteiger partial charge in [0.25, 0.3) is 0 Å². The van der Waals surface area contributed by atoms with Gasteiger partial charge < -0.3 is 14.4 Å². The van der Waals surface area contributed by atoms with Crippen LogP contribution in [-0.4, -0.2) is 36.7 Å². The largest absolute Gasteiger partial charge is 0.474 e. The minimum absolute atomic E-state index is 0.0321. The monoisotopic (exact) mass is 213 g/mol. The van der Waals surface area contributed by atoms with Crippen molar-refractivity contribution in [2.75, 3.05) is 20.2 Å². The number of esters is 1. The molecule has 4 heteroatoms. The van der Waals surface area contributed by atoms with Gasteiger partial charge in [-0.2, -0.15) is 0 Å². The minimum atomic E-state index is -0.243. The van der Waals surface area contributed by atoms with Gasteiger partial charge in [0.2, 0.25) is 0 Å². The molecular formula is C11H19NO3. The van der Waals surface area contributed by atoms with E-state index in [2.05, 4.69) is 11.3 Å². The molecule has 1 aliphatic rings. The topological polar surface area (TPSA) is 38.8 Å². The van der Waals surface area contributed by atoms with Crippen LogP contribution in [0.15, 0.2) is 12.5 Å². The third-order valence-electron chi connectivity index (χ3n) is 2.19. The minimum Gasteiger partial charge on any atom is -0.474 e. The van der Waals surface area contributed by atoms with Gasteiger partial charge in [-0.1, -0.05) is 0 Å². The predicted molar refractivity (Wildman–Crippen MR) is 57.1 cm³/mol. The van der Waals surface area contributed by atoms with E-state index in [9.17, 15) is 4.79 Å². The highest BCUT2D eigenvalue weighted by Gasteiger charge is 2.35. The molecule has 0 aromatic rings. The smallest absolute Gasteiger partial charge is 0.312 e. The summed E-state index contributed by atoms with van der Waals surface area (Å²) in [6.45, 7) is 11.0. The Balaban J connectivity index is 2.33. The molecule has 1 rings (SSSR count). The van der Waals surface area contributed by atoms with Gasteiger partial charge in [0.05, 0.1) is 13.0 Å². The Kier molecular flexibility index (Phi) is 3.27. The molecule has 1 saturated heterocycles. The summed E-state index contributed by atoms with van der Waals surface area (Å²) < 4.78 is 10.2. The number of rotatable bonds is 3. The van der Waals surface area contributed by atoms with E-state index < -0.39 is 0 Å². The van der Waals surface area contributed by atoms with Crippen LogP contribution in [0.5, 0.6) is 0 Å². The number of likely N-dealkylation sites (tertiary alicyclic amines) is 1. The maximum atomic E-state index is 11.1. The quantitative estimate of drug-likeness (QED) is 0.524. The maximum Gasteiger partial charge on any atom is 0.312 e. The molecule has 0 bridgehead atoms. The standard InChI is InChI=1S/C11H19NO3/c1-8(15-11(2,3)4)12-6-9(7-12)10(13)14-5/h9H,1,6-7H2,2-5H3. The Labute approximate surface area is 90.8 Å². The van der Waals surface area contributed by atoms with Crippen LogP contribution in [0.3, 0.4) is 0 Å². The van der Waals surface area contributed by atoms with Crippen LogP contribution in [0.2, 0.25) is 0 Å². The molecule has 86 valence electrons. The van der Waals surface area contributed by atoms with Gasteiger partial charge in [-0.3, -0.25) is 4.79 Å². The molecule has 0 amide bonds. The highest BCUT2D eigenvalue weighted by atomic mass is 16.5. The first-order valence-corrected chi connectivity index (χ1v) is 5.04. The van der Waals surface area contributed by atoms with Crippen LogP contribution < -0.4 is 0 Å². The van der Waals surface area contributed by atoms with Crippen LogP contribution in [0.25, 0.3) is 0 Å². The van der Waals surface area contributed by atoms with Crippen molar-refractivity contribution in [3.8, 4) is 0 Å². The van der Waals surface area contributed by atoms with Gasteiger partial charge in [0.1, 0.15) is 5.60 Å². The van der Waals surface area contributed by atoms with Gasteiger partial charge in [-0.25, -0.2) is 0 Å². The lowest BCUT2D eigenvalue weighted by Crippen LogP contribution is -2.50. The molecule has 15 heavy (non-hydrogen) atoms. The van der Waals surface area contributed by atoms with Crippen LogP contribution in [-0.2, 0) is 14.3 Å². The van der Waals surface area contributed by atoms with Crippen molar-refractivity contribution < 1.29 is 14.3 Å². The van der Waals surface area contributed by atoms with Gasteiger partial charge >= 0.3 is 5.97 Å². The third-order valence-corrected chi connectivity index (χ3v) is 2.19. The number of carbonyl (C=O) groups excluding carboxylic acids is 1. The zero-order valence-electron chi connectivity index (χ0n) is 9.87. The lowest BCUT2D eigenvalue weighted by molar-refractivity contribution is -0.152. The summed E-state index contributed by atoms with van der Waals surface area (Å²) in [4.78, 5) is 13.1. The van der Waals surface area contributed by atoms with Gasteiger partial charge in [-0.05, 0) is 27.4 Å². The van der Waals surface area contributed by atoms with Crippen molar-refractivity contribution in [3.05, 3.63) is 12.5 Å². The molecule has 1 fully saturated rings. The van der Waals surface area contributed by atoms with Crippen LogP contribution in [0, 0.1) is 5.92 Å². The summed E-state index contributed by atoms with van der Waals surface area (Å²) in [5.41, 5.74) is -0.243. The summed E-state index contributed by atoms with van der Waals surface area (Å²) >= 11 is 0. The second kappa shape index (κ2) is 4.13. The Bertz CT molecular complexity index is 261. The molecular weight excluding hydrogens is 194 g/mol. The Morgan fingerprint density at radius 3 is 2.33 bits per heavy atom. The average molecular weight is 213 g/mol. The number of carbonyl (C=O) groups is 1. The average Bonchev–Trinajstić information content (AvgIpc) is 1.97. The van der Waals surface area contributed by atoms with E-state index in [0.29, 0.717) is 19.0 Å². The predicted octanol–water partition coefficient (Wildman–Crippen LogP) is 1.38. The third kappa shape index (κ3) is 3.15. The molecule has 0 unspecified atom stereocenters. The SMILES string of the molecule is C=C(OC(C)(C)C)N1CC(C(=O)OC)C1. The number of nitrogens with zero attached hydrogens (tertiary/aromatic N) is 1. The van der Waals surface area contributed by atoms with E-state index in [1.165, 1.54) is 7.11 Å². The number of hydrogen-bond acceptors (Lipinski definition) is 4. The molecule has 0 aromatic carbocycles. The van der Waals surface area contributed by atoms with Crippen LogP contribution >= 0.6 is 0 Å². The lowest BCUT2D eigenvalue weighted by atomic mass is 10.0. The summed E-state index contributed by atoms with van der Waals surface area (Å²) in [6, 6.07) is 0. The van der Waals surface area contributed by atoms with E-state index in [0.717, 1.165) is 0 Å². The van der Waals surface area contributed by atoms with Crippen molar-refractivity contribution in [1.29, 1.82) is 0 Å².